The first-order chi connectivity index (χ1) is 14.5. The van der Waals surface area contributed by atoms with Crippen LogP contribution in [0.4, 0.5) is 0 Å². The van der Waals surface area contributed by atoms with Gasteiger partial charge in [0.25, 0.3) is 5.56 Å². The van der Waals surface area contributed by atoms with Crippen LogP contribution in [0.2, 0.25) is 0 Å². The van der Waals surface area contributed by atoms with Crippen LogP contribution >= 0.6 is 11.3 Å². The average molecular weight is 420 g/mol. The molecule has 3 aromatic rings. The van der Waals surface area contributed by atoms with E-state index in [9.17, 15) is 14.7 Å². The zero-order valence-corrected chi connectivity index (χ0v) is 17.3. The summed E-state index contributed by atoms with van der Waals surface area (Å²) >= 11 is 1.24. The van der Waals surface area contributed by atoms with Crippen molar-refractivity contribution in [2.75, 3.05) is 7.11 Å². The van der Waals surface area contributed by atoms with Gasteiger partial charge in [0.05, 0.1) is 29.0 Å². The van der Waals surface area contributed by atoms with Crippen molar-refractivity contribution in [2.24, 2.45) is 4.99 Å². The lowest BCUT2D eigenvalue weighted by Gasteiger charge is -2.25. The molecule has 1 N–H and O–H groups in total. The Balaban J connectivity index is 2.02. The maximum absolute atomic E-state index is 13.4. The van der Waals surface area contributed by atoms with Gasteiger partial charge in [-0.05, 0) is 24.1 Å². The fourth-order valence-electron chi connectivity index (χ4n) is 3.57. The summed E-state index contributed by atoms with van der Waals surface area (Å²) in [5, 5.41) is 10.1. The predicted molar refractivity (Wildman–Crippen MR) is 115 cm³/mol. The fraction of sp³-hybridized carbons (Fsp3) is 0.174. The van der Waals surface area contributed by atoms with Crippen LogP contribution in [0, 0.1) is 0 Å². The molecule has 6 nitrogen and oxygen atoms in total. The van der Waals surface area contributed by atoms with E-state index < -0.39 is 12.0 Å². The molecule has 1 aromatic heterocycles. The largest absolute Gasteiger partial charge is 0.507 e. The Bertz CT molecular complexity index is 1320. The summed E-state index contributed by atoms with van der Waals surface area (Å²) in [6, 6.07) is 15.6. The molecule has 7 heteroatoms. The Kier molecular flexibility index (Phi) is 5.37. The number of thiazole rings is 1. The number of para-hydroxylation sites is 1. The molecular weight excluding hydrogens is 400 g/mol. The Hall–Kier alpha value is -3.45. The highest BCUT2D eigenvalue weighted by Crippen LogP contribution is 2.31. The van der Waals surface area contributed by atoms with Gasteiger partial charge in [-0.3, -0.25) is 9.36 Å². The molecule has 1 atom stereocenters. The number of esters is 1. The molecule has 2 aromatic carbocycles. The second kappa shape index (κ2) is 8.12. The van der Waals surface area contributed by atoms with Crippen molar-refractivity contribution in [3.63, 3.8) is 0 Å². The maximum atomic E-state index is 13.4. The standard InChI is InChI=1S/C23H20N2O4S/c1-3-16-19(22(28)29-2)20(14-9-5-4-6-10-14)25-21(27)18(30-23(25)24-16)13-15-11-7-8-12-17(15)26/h4-13,20,26H,3H2,1-2H3/b18-13-/t20-/m0/s1. The van der Waals surface area contributed by atoms with Crippen molar-refractivity contribution in [2.45, 2.75) is 19.4 Å². The smallest absolute Gasteiger partial charge is 0.338 e. The number of carbonyl (C=O) groups is 1. The van der Waals surface area contributed by atoms with E-state index >= 15 is 0 Å². The molecule has 30 heavy (non-hydrogen) atoms. The number of benzene rings is 2. The van der Waals surface area contributed by atoms with Gasteiger partial charge in [0.1, 0.15) is 5.75 Å². The van der Waals surface area contributed by atoms with Gasteiger partial charge in [0.15, 0.2) is 4.80 Å². The number of aromatic hydroxyl groups is 1. The summed E-state index contributed by atoms with van der Waals surface area (Å²) in [7, 11) is 1.33. The van der Waals surface area contributed by atoms with Gasteiger partial charge >= 0.3 is 5.97 Å². The monoisotopic (exact) mass is 420 g/mol. The topological polar surface area (TPSA) is 80.9 Å². The zero-order chi connectivity index (χ0) is 21.3. The molecule has 0 spiro atoms. The predicted octanol–water partition coefficient (Wildman–Crippen LogP) is 2.50. The highest BCUT2D eigenvalue weighted by molar-refractivity contribution is 7.07. The van der Waals surface area contributed by atoms with Gasteiger partial charge in [-0.1, -0.05) is 66.8 Å². The summed E-state index contributed by atoms with van der Waals surface area (Å²) in [6.45, 7) is 1.92. The SMILES string of the molecule is CCC1=C(C(=O)OC)[C@H](c2ccccc2)n2c(s/c(=C\c3ccccc3O)c2=O)=N1. The van der Waals surface area contributed by atoms with Crippen LogP contribution in [0.1, 0.15) is 30.5 Å². The molecule has 2 heterocycles. The van der Waals surface area contributed by atoms with E-state index in [-0.39, 0.29) is 11.3 Å². The first-order valence-electron chi connectivity index (χ1n) is 9.51. The molecule has 0 aliphatic carbocycles. The number of hydrogen-bond acceptors (Lipinski definition) is 6. The number of phenols is 1. The van der Waals surface area contributed by atoms with Gasteiger partial charge < -0.3 is 9.84 Å². The third-order valence-electron chi connectivity index (χ3n) is 4.99. The van der Waals surface area contributed by atoms with Crippen LogP contribution in [0.25, 0.3) is 6.08 Å². The van der Waals surface area contributed by atoms with Gasteiger partial charge in [-0.25, -0.2) is 9.79 Å². The van der Waals surface area contributed by atoms with E-state index in [1.807, 2.05) is 37.3 Å². The highest BCUT2D eigenvalue weighted by Gasteiger charge is 2.33. The van der Waals surface area contributed by atoms with Crippen molar-refractivity contribution in [1.29, 1.82) is 0 Å². The maximum Gasteiger partial charge on any atom is 0.338 e. The van der Waals surface area contributed by atoms with E-state index in [1.54, 1.807) is 30.3 Å². The normalized spacial score (nSPS) is 16.2. The average Bonchev–Trinajstić information content (AvgIpc) is 3.09. The molecule has 0 unspecified atom stereocenters. The Labute approximate surface area is 176 Å². The minimum absolute atomic E-state index is 0.0902. The van der Waals surface area contributed by atoms with E-state index in [4.69, 9.17) is 4.74 Å². The third kappa shape index (κ3) is 3.37. The summed E-state index contributed by atoms with van der Waals surface area (Å²) in [5.41, 5.74) is 2.04. The van der Waals surface area contributed by atoms with E-state index in [0.717, 1.165) is 5.56 Å². The van der Waals surface area contributed by atoms with Crippen molar-refractivity contribution in [1.82, 2.24) is 4.57 Å². The lowest BCUT2D eigenvalue weighted by molar-refractivity contribution is -0.136. The fourth-order valence-corrected chi connectivity index (χ4v) is 4.58. The molecule has 0 amide bonds. The number of methoxy groups -OCH3 is 1. The number of fused-ring (bicyclic) bond motifs is 1. The number of ether oxygens (including phenoxy) is 1. The minimum atomic E-state index is -0.628. The van der Waals surface area contributed by atoms with Crippen molar-refractivity contribution in [3.8, 4) is 5.75 Å². The minimum Gasteiger partial charge on any atom is -0.507 e. The molecule has 0 bridgehead atoms. The molecule has 0 radical (unpaired) electrons. The number of carbonyl (C=O) groups excluding carboxylic acids is 1. The highest BCUT2D eigenvalue weighted by atomic mass is 32.1. The summed E-state index contributed by atoms with van der Waals surface area (Å²) in [4.78, 5) is 31.2. The van der Waals surface area contributed by atoms with E-state index in [1.165, 1.54) is 23.0 Å². The molecule has 0 saturated heterocycles. The van der Waals surface area contributed by atoms with Gasteiger partial charge in [-0.15, -0.1) is 0 Å². The number of nitrogens with zero attached hydrogens (tertiary/aromatic N) is 2. The molecular formula is C23H20N2O4S. The number of allylic oxidation sites excluding steroid dienone is 1. The van der Waals surface area contributed by atoms with Crippen LogP contribution in [-0.4, -0.2) is 22.8 Å². The van der Waals surface area contributed by atoms with Crippen LogP contribution < -0.4 is 14.9 Å². The van der Waals surface area contributed by atoms with E-state index in [2.05, 4.69) is 4.99 Å². The van der Waals surface area contributed by atoms with Crippen molar-refractivity contribution < 1.29 is 14.6 Å². The van der Waals surface area contributed by atoms with Crippen LogP contribution in [0.15, 0.2) is 75.7 Å². The molecule has 1 aliphatic rings. The van der Waals surface area contributed by atoms with Gasteiger partial charge in [0.2, 0.25) is 0 Å². The van der Waals surface area contributed by atoms with Crippen LogP contribution in [0.5, 0.6) is 5.75 Å². The lowest BCUT2D eigenvalue weighted by atomic mass is 9.95. The lowest BCUT2D eigenvalue weighted by Crippen LogP contribution is -2.40. The van der Waals surface area contributed by atoms with Crippen molar-refractivity contribution in [3.05, 3.63) is 96.7 Å². The van der Waals surface area contributed by atoms with E-state index in [0.29, 0.717) is 32.6 Å². The Morgan fingerprint density at radius 2 is 1.90 bits per heavy atom. The quantitative estimate of drug-likeness (QED) is 0.658. The Morgan fingerprint density at radius 1 is 1.20 bits per heavy atom. The van der Waals surface area contributed by atoms with Crippen LogP contribution in [-0.2, 0) is 9.53 Å². The number of rotatable bonds is 4. The Morgan fingerprint density at radius 3 is 2.57 bits per heavy atom. The number of phenolic OH excluding ortho intramolecular Hbond substituents is 1. The first-order valence-corrected chi connectivity index (χ1v) is 10.3. The molecule has 1 aliphatic heterocycles. The summed E-state index contributed by atoms with van der Waals surface area (Å²) in [5.74, 6) is -0.410. The van der Waals surface area contributed by atoms with Gasteiger partial charge in [0, 0.05) is 5.56 Å². The molecule has 0 saturated carbocycles. The second-order valence-electron chi connectivity index (χ2n) is 6.76. The zero-order valence-electron chi connectivity index (χ0n) is 16.5. The molecule has 152 valence electrons. The molecule has 4 rings (SSSR count). The van der Waals surface area contributed by atoms with Crippen LogP contribution in [0.3, 0.4) is 0 Å². The second-order valence-corrected chi connectivity index (χ2v) is 7.77. The van der Waals surface area contributed by atoms with Crippen molar-refractivity contribution >= 4 is 23.4 Å². The number of aromatic nitrogens is 1. The third-order valence-corrected chi connectivity index (χ3v) is 5.97. The number of hydrogen-bond donors (Lipinski definition) is 1. The molecule has 0 fully saturated rings. The van der Waals surface area contributed by atoms with Gasteiger partial charge in [-0.2, -0.15) is 0 Å². The first kappa shape index (κ1) is 19.8. The summed E-state index contributed by atoms with van der Waals surface area (Å²) < 4.78 is 7.00. The summed E-state index contributed by atoms with van der Waals surface area (Å²) in [6.07, 6.45) is 2.17.